The zero-order chi connectivity index (χ0) is 14.9. The van der Waals surface area contributed by atoms with Crippen LogP contribution in [0, 0.1) is 0 Å². The molecule has 21 heavy (non-hydrogen) atoms. The van der Waals surface area contributed by atoms with E-state index in [-0.39, 0.29) is 0 Å². The van der Waals surface area contributed by atoms with Gasteiger partial charge in [0.2, 0.25) is 0 Å². The predicted octanol–water partition coefficient (Wildman–Crippen LogP) is 1.47. The molecule has 0 radical (unpaired) electrons. The molecule has 0 aromatic heterocycles. The third-order valence-corrected chi connectivity index (χ3v) is 3.52. The first kappa shape index (κ1) is 16.2. The Morgan fingerprint density at radius 3 is 3.00 bits per heavy atom. The lowest BCUT2D eigenvalue weighted by Crippen LogP contribution is -2.42. The molecular formula is C14H19ClN4OS. The minimum atomic E-state index is 0.515. The summed E-state index contributed by atoms with van der Waals surface area (Å²) in [5.41, 5.74) is 3.71. The van der Waals surface area contributed by atoms with Gasteiger partial charge in [0.25, 0.3) is 0 Å². The molecule has 114 valence electrons. The second kappa shape index (κ2) is 8.94. The Hall–Kier alpha value is -1.21. The normalized spacial score (nSPS) is 16.0. The smallest absolute Gasteiger partial charge is 0.187 e. The lowest BCUT2D eigenvalue weighted by Gasteiger charge is -2.26. The highest BCUT2D eigenvalue weighted by Crippen LogP contribution is 2.08. The molecule has 1 aliphatic heterocycles. The van der Waals surface area contributed by atoms with Crippen LogP contribution in [0.4, 0.5) is 0 Å². The standard InChI is InChI=1S/C14H19ClN4OS/c15-13-3-1-2-12(10-13)11-17-18-14(21)16-4-5-19-6-8-20-9-7-19/h1-3,10-11H,4-9H2,(H2,16,18,21)/b17-11+. The molecule has 1 aliphatic rings. The van der Waals surface area contributed by atoms with Gasteiger partial charge < -0.3 is 10.1 Å². The van der Waals surface area contributed by atoms with E-state index < -0.39 is 0 Å². The van der Waals surface area contributed by atoms with Gasteiger partial charge in [-0.15, -0.1) is 0 Å². The van der Waals surface area contributed by atoms with Crippen molar-refractivity contribution in [1.82, 2.24) is 15.6 Å². The van der Waals surface area contributed by atoms with Crippen molar-refractivity contribution >= 4 is 35.1 Å². The lowest BCUT2D eigenvalue weighted by atomic mass is 10.2. The first-order valence-corrected chi connectivity index (χ1v) is 7.65. The summed E-state index contributed by atoms with van der Waals surface area (Å²) in [6.45, 7) is 5.32. The lowest BCUT2D eigenvalue weighted by molar-refractivity contribution is 0.0389. The van der Waals surface area contributed by atoms with Gasteiger partial charge in [-0.05, 0) is 29.9 Å². The van der Waals surface area contributed by atoms with Crippen LogP contribution in [0.5, 0.6) is 0 Å². The van der Waals surface area contributed by atoms with E-state index in [0.717, 1.165) is 45.0 Å². The van der Waals surface area contributed by atoms with Gasteiger partial charge in [0.1, 0.15) is 0 Å². The number of halogens is 1. The Morgan fingerprint density at radius 2 is 2.24 bits per heavy atom. The van der Waals surface area contributed by atoms with E-state index in [1.807, 2.05) is 24.3 Å². The molecule has 0 saturated carbocycles. The molecule has 0 atom stereocenters. The van der Waals surface area contributed by atoms with Gasteiger partial charge >= 0.3 is 0 Å². The van der Waals surface area contributed by atoms with Gasteiger partial charge in [-0.2, -0.15) is 5.10 Å². The van der Waals surface area contributed by atoms with Gasteiger partial charge in [-0.25, -0.2) is 0 Å². The van der Waals surface area contributed by atoms with E-state index in [0.29, 0.717) is 10.1 Å². The highest BCUT2D eigenvalue weighted by Gasteiger charge is 2.09. The molecule has 1 heterocycles. The summed E-state index contributed by atoms with van der Waals surface area (Å²) in [4.78, 5) is 2.34. The molecular weight excluding hydrogens is 308 g/mol. The Morgan fingerprint density at radius 1 is 1.43 bits per heavy atom. The molecule has 5 nitrogen and oxygen atoms in total. The van der Waals surface area contributed by atoms with Crippen molar-refractivity contribution in [3.63, 3.8) is 0 Å². The third kappa shape index (κ3) is 6.39. The van der Waals surface area contributed by atoms with Crippen molar-refractivity contribution in [2.24, 2.45) is 5.10 Å². The van der Waals surface area contributed by atoms with E-state index in [2.05, 4.69) is 20.7 Å². The SMILES string of the molecule is S=C(NCCN1CCOCC1)N/N=C/c1cccc(Cl)c1. The predicted molar refractivity (Wildman–Crippen MR) is 90.0 cm³/mol. The van der Waals surface area contributed by atoms with Crippen LogP contribution in [-0.2, 0) is 4.74 Å². The van der Waals surface area contributed by atoms with E-state index in [4.69, 9.17) is 28.6 Å². The molecule has 0 spiro atoms. The maximum absolute atomic E-state index is 5.89. The van der Waals surface area contributed by atoms with Crippen LogP contribution in [0.3, 0.4) is 0 Å². The van der Waals surface area contributed by atoms with Gasteiger partial charge in [-0.1, -0.05) is 23.7 Å². The Labute approximate surface area is 135 Å². The molecule has 0 amide bonds. The average molecular weight is 327 g/mol. The van der Waals surface area contributed by atoms with Crippen molar-refractivity contribution in [1.29, 1.82) is 0 Å². The van der Waals surface area contributed by atoms with Crippen LogP contribution in [0.15, 0.2) is 29.4 Å². The van der Waals surface area contributed by atoms with Crippen LogP contribution in [-0.4, -0.2) is 55.6 Å². The van der Waals surface area contributed by atoms with Crippen LogP contribution in [0.25, 0.3) is 0 Å². The summed E-state index contributed by atoms with van der Waals surface area (Å²) in [5.74, 6) is 0. The molecule has 7 heteroatoms. The zero-order valence-electron chi connectivity index (χ0n) is 11.7. The first-order chi connectivity index (χ1) is 10.2. The monoisotopic (exact) mass is 326 g/mol. The fraction of sp³-hybridized carbons (Fsp3) is 0.429. The number of thiocarbonyl (C=S) groups is 1. The molecule has 0 bridgehead atoms. The van der Waals surface area contributed by atoms with Gasteiger partial charge in [0.15, 0.2) is 5.11 Å². The average Bonchev–Trinajstić information content (AvgIpc) is 2.48. The van der Waals surface area contributed by atoms with Crippen LogP contribution >= 0.6 is 23.8 Å². The zero-order valence-corrected chi connectivity index (χ0v) is 13.3. The summed E-state index contributed by atoms with van der Waals surface area (Å²) in [7, 11) is 0. The molecule has 2 N–H and O–H groups in total. The minimum absolute atomic E-state index is 0.515. The summed E-state index contributed by atoms with van der Waals surface area (Å²) >= 11 is 11.1. The fourth-order valence-corrected chi connectivity index (χ4v) is 2.30. The summed E-state index contributed by atoms with van der Waals surface area (Å²) in [6, 6.07) is 7.46. The van der Waals surface area contributed by atoms with Crippen molar-refractivity contribution in [2.75, 3.05) is 39.4 Å². The van der Waals surface area contributed by atoms with Gasteiger partial charge in [0, 0.05) is 31.2 Å². The number of benzene rings is 1. The summed E-state index contributed by atoms with van der Waals surface area (Å²) < 4.78 is 5.30. The molecule has 0 unspecified atom stereocenters. The maximum atomic E-state index is 5.89. The van der Waals surface area contributed by atoms with E-state index in [1.165, 1.54) is 0 Å². The Balaban J connectivity index is 1.63. The molecule has 1 aromatic rings. The molecule has 1 aromatic carbocycles. The van der Waals surface area contributed by atoms with Crippen LogP contribution in [0.1, 0.15) is 5.56 Å². The molecule has 1 fully saturated rings. The number of hydrogen-bond donors (Lipinski definition) is 2. The highest BCUT2D eigenvalue weighted by molar-refractivity contribution is 7.80. The van der Waals surface area contributed by atoms with Crippen molar-refractivity contribution in [2.45, 2.75) is 0 Å². The molecule has 1 saturated heterocycles. The highest BCUT2D eigenvalue weighted by atomic mass is 35.5. The third-order valence-electron chi connectivity index (χ3n) is 3.05. The van der Waals surface area contributed by atoms with Crippen LogP contribution in [0.2, 0.25) is 5.02 Å². The maximum Gasteiger partial charge on any atom is 0.187 e. The second-order valence-electron chi connectivity index (χ2n) is 4.63. The van der Waals surface area contributed by atoms with E-state index >= 15 is 0 Å². The molecule has 0 aliphatic carbocycles. The summed E-state index contributed by atoms with van der Waals surface area (Å²) in [5, 5.41) is 8.40. The summed E-state index contributed by atoms with van der Waals surface area (Å²) in [6.07, 6.45) is 1.68. The number of hydrazone groups is 1. The number of morpholine rings is 1. The van der Waals surface area contributed by atoms with Crippen molar-refractivity contribution < 1.29 is 4.74 Å². The van der Waals surface area contributed by atoms with Gasteiger partial charge in [0.05, 0.1) is 19.4 Å². The van der Waals surface area contributed by atoms with Gasteiger partial charge in [-0.3, -0.25) is 10.3 Å². The Bertz CT molecular complexity index is 492. The van der Waals surface area contributed by atoms with E-state index in [9.17, 15) is 0 Å². The number of nitrogens with one attached hydrogen (secondary N) is 2. The second-order valence-corrected chi connectivity index (χ2v) is 5.48. The van der Waals surface area contributed by atoms with E-state index in [1.54, 1.807) is 6.21 Å². The topological polar surface area (TPSA) is 48.9 Å². The largest absolute Gasteiger partial charge is 0.379 e. The fourth-order valence-electron chi connectivity index (χ4n) is 1.94. The quantitative estimate of drug-likeness (QED) is 0.487. The minimum Gasteiger partial charge on any atom is -0.379 e. The molecule has 2 rings (SSSR count). The van der Waals surface area contributed by atoms with Crippen molar-refractivity contribution in [3.8, 4) is 0 Å². The Kier molecular flexibility index (Phi) is 6.88. The first-order valence-electron chi connectivity index (χ1n) is 6.86. The number of ether oxygens (including phenoxy) is 1. The van der Waals surface area contributed by atoms with Crippen molar-refractivity contribution in [3.05, 3.63) is 34.9 Å². The number of nitrogens with zero attached hydrogens (tertiary/aromatic N) is 2. The number of hydrogen-bond acceptors (Lipinski definition) is 4. The van der Waals surface area contributed by atoms with Crippen LogP contribution < -0.4 is 10.7 Å². The number of rotatable bonds is 5.